The third kappa shape index (κ3) is 3.31. The zero-order chi connectivity index (χ0) is 13.0. The molecule has 0 aromatic heterocycles. The summed E-state index contributed by atoms with van der Waals surface area (Å²) in [5, 5.41) is 2.96. The normalized spacial score (nSPS) is 10.6. The third-order valence-electron chi connectivity index (χ3n) is 2.38. The molecule has 2 rings (SSSR count). The molecule has 0 spiro atoms. The van der Waals surface area contributed by atoms with Gasteiger partial charge in [0.2, 0.25) is 0 Å². The molecule has 0 fully saturated rings. The fraction of sp³-hybridized carbons (Fsp3) is 0.143. The molecular formula is C14H13F2NS. The molecule has 94 valence electrons. The summed E-state index contributed by atoms with van der Waals surface area (Å²) in [6.45, 7) is 0.586. The van der Waals surface area contributed by atoms with E-state index in [-0.39, 0.29) is 11.6 Å². The summed E-state index contributed by atoms with van der Waals surface area (Å²) in [7, 11) is 1.80. The van der Waals surface area contributed by atoms with Crippen molar-refractivity contribution in [2.45, 2.75) is 16.3 Å². The van der Waals surface area contributed by atoms with Crippen molar-refractivity contribution < 1.29 is 8.78 Å². The van der Waals surface area contributed by atoms with E-state index in [1.54, 1.807) is 25.2 Å². The monoisotopic (exact) mass is 265 g/mol. The van der Waals surface area contributed by atoms with E-state index in [9.17, 15) is 8.78 Å². The van der Waals surface area contributed by atoms with Crippen LogP contribution in [0.5, 0.6) is 0 Å². The molecule has 18 heavy (non-hydrogen) atoms. The molecular weight excluding hydrogens is 252 g/mol. The highest BCUT2D eigenvalue weighted by molar-refractivity contribution is 7.99. The van der Waals surface area contributed by atoms with Gasteiger partial charge in [-0.2, -0.15) is 0 Å². The Labute approximate surface area is 109 Å². The van der Waals surface area contributed by atoms with Crippen molar-refractivity contribution >= 4 is 11.8 Å². The summed E-state index contributed by atoms with van der Waals surface area (Å²) in [5.41, 5.74) is 0.844. The maximum Gasteiger partial charge on any atom is 0.137 e. The number of hydrogen-bond acceptors (Lipinski definition) is 2. The van der Waals surface area contributed by atoms with Gasteiger partial charge in [-0.1, -0.05) is 23.9 Å². The quantitative estimate of drug-likeness (QED) is 0.901. The second kappa shape index (κ2) is 5.98. The lowest BCUT2D eigenvalue weighted by atomic mass is 10.2. The fourth-order valence-corrected chi connectivity index (χ4v) is 2.59. The van der Waals surface area contributed by atoms with E-state index in [1.807, 2.05) is 6.07 Å². The van der Waals surface area contributed by atoms with Crippen LogP contribution in [0.2, 0.25) is 0 Å². The molecule has 0 aliphatic heterocycles. The lowest BCUT2D eigenvalue weighted by Crippen LogP contribution is -2.05. The number of nitrogens with one attached hydrogen (secondary N) is 1. The minimum Gasteiger partial charge on any atom is -0.316 e. The summed E-state index contributed by atoms with van der Waals surface area (Å²) >= 11 is 1.23. The van der Waals surface area contributed by atoms with Crippen molar-refractivity contribution in [3.63, 3.8) is 0 Å². The zero-order valence-electron chi connectivity index (χ0n) is 9.91. The first-order valence-electron chi connectivity index (χ1n) is 5.55. The topological polar surface area (TPSA) is 12.0 Å². The van der Waals surface area contributed by atoms with E-state index in [2.05, 4.69) is 5.32 Å². The smallest absolute Gasteiger partial charge is 0.137 e. The van der Waals surface area contributed by atoms with Gasteiger partial charge in [0.1, 0.15) is 11.6 Å². The van der Waals surface area contributed by atoms with Crippen molar-refractivity contribution in [2.75, 3.05) is 7.05 Å². The van der Waals surface area contributed by atoms with Crippen LogP contribution in [0.25, 0.3) is 0 Å². The average molecular weight is 265 g/mol. The average Bonchev–Trinajstić information content (AvgIpc) is 2.32. The molecule has 0 heterocycles. The summed E-state index contributed by atoms with van der Waals surface area (Å²) in [4.78, 5) is 1.20. The van der Waals surface area contributed by atoms with E-state index in [0.29, 0.717) is 16.3 Å². The maximum absolute atomic E-state index is 13.5. The molecule has 0 aliphatic carbocycles. The van der Waals surface area contributed by atoms with Crippen molar-refractivity contribution in [2.24, 2.45) is 0 Å². The Morgan fingerprint density at radius 2 is 1.89 bits per heavy atom. The lowest BCUT2D eigenvalue weighted by molar-refractivity contribution is 0.601. The van der Waals surface area contributed by atoms with Gasteiger partial charge in [0.15, 0.2) is 0 Å². The van der Waals surface area contributed by atoms with E-state index in [0.717, 1.165) is 5.56 Å². The molecule has 1 N–H and O–H groups in total. The van der Waals surface area contributed by atoms with Crippen LogP contribution in [0.1, 0.15) is 5.56 Å². The fourth-order valence-electron chi connectivity index (χ4n) is 1.64. The predicted octanol–water partition coefficient (Wildman–Crippen LogP) is 3.84. The Hall–Kier alpha value is -1.39. The number of rotatable bonds is 4. The summed E-state index contributed by atoms with van der Waals surface area (Å²) < 4.78 is 26.9. The van der Waals surface area contributed by atoms with Gasteiger partial charge in [-0.15, -0.1) is 0 Å². The molecule has 4 heteroatoms. The second-order valence-corrected chi connectivity index (χ2v) is 4.97. The minimum atomic E-state index is -0.304. The highest BCUT2D eigenvalue weighted by Crippen LogP contribution is 2.30. The molecule has 1 nitrogen and oxygen atoms in total. The first kappa shape index (κ1) is 13.1. The predicted molar refractivity (Wildman–Crippen MR) is 69.7 cm³/mol. The van der Waals surface area contributed by atoms with Crippen LogP contribution in [-0.4, -0.2) is 7.05 Å². The van der Waals surface area contributed by atoms with Gasteiger partial charge in [0, 0.05) is 16.3 Å². The van der Waals surface area contributed by atoms with E-state index in [1.165, 1.54) is 30.0 Å². The highest BCUT2D eigenvalue weighted by atomic mass is 32.2. The lowest BCUT2D eigenvalue weighted by Gasteiger charge is -2.06. The van der Waals surface area contributed by atoms with Crippen molar-refractivity contribution in [3.8, 4) is 0 Å². The molecule has 0 saturated carbocycles. The van der Waals surface area contributed by atoms with Crippen LogP contribution in [0.4, 0.5) is 8.78 Å². The van der Waals surface area contributed by atoms with Gasteiger partial charge in [0.25, 0.3) is 0 Å². The van der Waals surface area contributed by atoms with Gasteiger partial charge in [-0.3, -0.25) is 0 Å². The molecule has 0 radical (unpaired) electrons. The van der Waals surface area contributed by atoms with Crippen LogP contribution < -0.4 is 5.32 Å². The summed E-state index contributed by atoms with van der Waals surface area (Å²) in [5.74, 6) is -0.594. The molecule has 0 aliphatic rings. The molecule has 0 unspecified atom stereocenters. The maximum atomic E-state index is 13.5. The van der Waals surface area contributed by atoms with Crippen molar-refractivity contribution in [3.05, 3.63) is 59.7 Å². The molecule has 0 bridgehead atoms. The van der Waals surface area contributed by atoms with Crippen LogP contribution in [0.3, 0.4) is 0 Å². The Balaban J connectivity index is 2.26. The van der Waals surface area contributed by atoms with Crippen LogP contribution in [0.15, 0.2) is 52.3 Å². The number of hydrogen-bond donors (Lipinski definition) is 1. The Bertz CT molecular complexity index is 543. The molecule has 2 aromatic rings. The minimum absolute atomic E-state index is 0.290. The standard InChI is InChI=1S/C14H13F2NS/c1-17-9-10-6-11(15)8-12(7-10)18-14-5-3-2-4-13(14)16/h2-8,17H,9H2,1H3. The highest BCUT2D eigenvalue weighted by Gasteiger charge is 2.06. The number of halogens is 2. The van der Waals surface area contributed by atoms with Crippen molar-refractivity contribution in [1.82, 2.24) is 5.32 Å². The van der Waals surface area contributed by atoms with E-state index < -0.39 is 0 Å². The van der Waals surface area contributed by atoms with Crippen molar-refractivity contribution in [1.29, 1.82) is 0 Å². The van der Waals surface area contributed by atoms with E-state index >= 15 is 0 Å². The molecule has 0 saturated heterocycles. The van der Waals surface area contributed by atoms with Gasteiger partial charge < -0.3 is 5.32 Å². The molecule has 0 atom stereocenters. The first-order valence-corrected chi connectivity index (χ1v) is 6.37. The second-order valence-electron chi connectivity index (χ2n) is 3.86. The summed E-state index contributed by atoms with van der Waals surface area (Å²) in [6.07, 6.45) is 0. The van der Waals surface area contributed by atoms with Gasteiger partial charge >= 0.3 is 0 Å². The Kier molecular flexibility index (Phi) is 4.33. The third-order valence-corrected chi connectivity index (χ3v) is 3.40. The SMILES string of the molecule is CNCc1cc(F)cc(Sc2ccccc2F)c1. The van der Waals surface area contributed by atoms with Crippen LogP contribution in [0, 0.1) is 11.6 Å². The molecule has 2 aromatic carbocycles. The van der Waals surface area contributed by atoms with Gasteiger partial charge in [-0.25, -0.2) is 8.78 Å². The van der Waals surface area contributed by atoms with Gasteiger partial charge in [0.05, 0.1) is 0 Å². The van der Waals surface area contributed by atoms with Crippen LogP contribution >= 0.6 is 11.8 Å². The van der Waals surface area contributed by atoms with Gasteiger partial charge in [-0.05, 0) is 42.9 Å². The Morgan fingerprint density at radius 3 is 2.61 bits per heavy atom. The molecule has 0 amide bonds. The van der Waals surface area contributed by atoms with Crippen LogP contribution in [-0.2, 0) is 6.54 Å². The summed E-state index contributed by atoms with van der Waals surface area (Å²) in [6, 6.07) is 11.2. The number of benzene rings is 2. The first-order chi connectivity index (χ1) is 8.69. The van der Waals surface area contributed by atoms with E-state index in [4.69, 9.17) is 0 Å². The Morgan fingerprint density at radius 1 is 1.11 bits per heavy atom. The zero-order valence-corrected chi connectivity index (χ0v) is 10.7. The largest absolute Gasteiger partial charge is 0.316 e.